The standard InChI is InChI=1S/C12H19NS/c1-4-12(9(2)3)10-6-8-14-11(10)5-7-13-12/h6,8-9,13H,4-5,7H2,1-3H3. The molecule has 0 saturated carbocycles. The molecule has 1 nitrogen and oxygen atoms in total. The van der Waals surface area contributed by atoms with Crippen LogP contribution in [0.1, 0.15) is 37.6 Å². The summed E-state index contributed by atoms with van der Waals surface area (Å²) in [6.07, 6.45) is 2.40. The second kappa shape index (κ2) is 3.67. The highest BCUT2D eigenvalue weighted by atomic mass is 32.1. The minimum atomic E-state index is 0.244. The van der Waals surface area contributed by atoms with Gasteiger partial charge in [-0.15, -0.1) is 11.3 Å². The molecule has 1 N–H and O–H groups in total. The van der Waals surface area contributed by atoms with E-state index >= 15 is 0 Å². The molecule has 1 atom stereocenters. The van der Waals surface area contributed by atoms with Crippen molar-refractivity contribution in [2.24, 2.45) is 5.92 Å². The number of fused-ring (bicyclic) bond motifs is 1. The summed E-state index contributed by atoms with van der Waals surface area (Å²) in [5.41, 5.74) is 1.80. The first-order chi connectivity index (χ1) is 6.70. The van der Waals surface area contributed by atoms with Gasteiger partial charge in [0.1, 0.15) is 0 Å². The van der Waals surface area contributed by atoms with E-state index in [1.54, 1.807) is 10.4 Å². The summed E-state index contributed by atoms with van der Waals surface area (Å²) in [6.45, 7) is 8.08. The van der Waals surface area contributed by atoms with E-state index in [0.29, 0.717) is 5.92 Å². The van der Waals surface area contributed by atoms with Crippen molar-refractivity contribution in [2.75, 3.05) is 6.54 Å². The lowest BCUT2D eigenvalue weighted by molar-refractivity contribution is 0.219. The van der Waals surface area contributed by atoms with Crippen LogP contribution in [0, 0.1) is 5.92 Å². The molecule has 0 radical (unpaired) electrons. The summed E-state index contributed by atoms with van der Waals surface area (Å²) in [4.78, 5) is 1.60. The third-order valence-corrected chi connectivity index (χ3v) is 4.54. The maximum atomic E-state index is 3.73. The first-order valence-electron chi connectivity index (χ1n) is 5.52. The van der Waals surface area contributed by atoms with Crippen molar-refractivity contribution in [1.29, 1.82) is 0 Å². The fourth-order valence-corrected chi connectivity index (χ4v) is 3.63. The van der Waals surface area contributed by atoms with Crippen molar-refractivity contribution in [3.8, 4) is 0 Å². The highest BCUT2D eigenvalue weighted by Gasteiger charge is 2.37. The van der Waals surface area contributed by atoms with Gasteiger partial charge in [0.15, 0.2) is 0 Å². The van der Waals surface area contributed by atoms with Crippen LogP contribution < -0.4 is 5.32 Å². The average Bonchev–Trinajstić information content (AvgIpc) is 2.64. The van der Waals surface area contributed by atoms with Crippen molar-refractivity contribution in [3.05, 3.63) is 21.9 Å². The predicted octanol–water partition coefficient (Wildman–Crippen LogP) is 3.16. The van der Waals surface area contributed by atoms with Crippen molar-refractivity contribution < 1.29 is 0 Å². The molecule has 0 bridgehead atoms. The Bertz CT molecular complexity index is 316. The van der Waals surface area contributed by atoms with Gasteiger partial charge in [-0.25, -0.2) is 0 Å². The largest absolute Gasteiger partial charge is 0.307 e. The number of hydrogen-bond acceptors (Lipinski definition) is 2. The third-order valence-electron chi connectivity index (χ3n) is 3.56. The van der Waals surface area contributed by atoms with Gasteiger partial charge in [-0.1, -0.05) is 20.8 Å². The summed E-state index contributed by atoms with van der Waals surface area (Å²) in [5.74, 6) is 0.668. The SMILES string of the molecule is CCC1(C(C)C)NCCc2sccc21. The smallest absolute Gasteiger partial charge is 0.0466 e. The van der Waals surface area contributed by atoms with Crippen LogP contribution in [0.2, 0.25) is 0 Å². The van der Waals surface area contributed by atoms with Crippen LogP contribution in [0.5, 0.6) is 0 Å². The molecular weight excluding hydrogens is 190 g/mol. The minimum absolute atomic E-state index is 0.244. The zero-order valence-electron chi connectivity index (χ0n) is 9.26. The molecule has 0 spiro atoms. The molecule has 1 aromatic rings. The second-order valence-electron chi connectivity index (χ2n) is 4.41. The van der Waals surface area contributed by atoms with E-state index in [1.165, 1.54) is 12.8 Å². The topological polar surface area (TPSA) is 12.0 Å². The molecule has 1 unspecified atom stereocenters. The molecule has 2 heterocycles. The molecule has 78 valence electrons. The van der Waals surface area contributed by atoms with E-state index in [4.69, 9.17) is 0 Å². The van der Waals surface area contributed by atoms with E-state index in [-0.39, 0.29) is 5.54 Å². The van der Waals surface area contributed by atoms with Crippen molar-refractivity contribution in [3.63, 3.8) is 0 Å². The lowest BCUT2D eigenvalue weighted by Gasteiger charge is -2.41. The monoisotopic (exact) mass is 209 g/mol. The summed E-state index contributed by atoms with van der Waals surface area (Å²) in [6, 6.07) is 2.32. The Morgan fingerprint density at radius 3 is 3.00 bits per heavy atom. The molecule has 0 aromatic carbocycles. The molecule has 0 amide bonds. The first kappa shape index (κ1) is 10.2. The zero-order chi connectivity index (χ0) is 10.2. The molecule has 0 saturated heterocycles. The van der Waals surface area contributed by atoms with E-state index in [9.17, 15) is 0 Å². The van der Waals surface area contributed by atoms with Gasteiger partial charge >= 0.3 is 0 Å². The quantitative estimate of drug-likeness (QED) is 0.789. The Kier molecular flexibility index (Phi) is 2.67. The Balaban J connectivity index is 2.47. The number of thiophene rings is 1. The van der Waals surface area contributed by atoms with Crippen molar-refractivity contribution in [1.82, 2.24) is 5.32 Å². The summed E-state index contributed by atoms with van der Waals surface area (Å²) < 4.78 is 0. The lowest BCUT2D eigenvalue weighted by atomic mass is 9.76. The highest BCUT2D eigenvalue weighted by molar-refractivity contribution is 7.10. The van der Waals surface area contributed by atoms with E-state index in [0.717, 1.165) is 6.54 Å². The average molecular weight is 209 g/mol. The van der Waals surface area contributed by atoms with E-state index in [2.05, 4.69) is 37.5 Å². The Labute approximate surface area is 90.5 Å². The van der Waals surface area contributed by atoms with E-state index in [1.807, 2.05) is 11.3 Å². The van der Waals surface area contributed by atoms with Crippen LogP contribution in [-0.4, -0.2) is 6.54 Å². The maximum Gasteiger partial charge on any atom is 0.0466 e. The van der Waals surface area contributed by atoms with Crippen LogP contribution in [0.4, 0.5) is 0 Å². The summed E-state index contributed by atoms with van der Waals surface area (Å²) in [5, 5.41) is 5.97. The normalized spacial score (nSPS) is 26.6. The number of nitrogens with one attached hydrogen (secondary N) is 1. The van der Waals surface area contributed by atoms with Crippen LogP contribution in [0.15, 0.2) is 11.4 Å². The summed E-state index contributed by atoms with van der Waals surface area (Å²) in [7, 11) is 0. The zero-order valence-corrected chi connectivity index (χ0v) is 10.1. The molecule has 1 aliphatic rings. The molecule has 2 rings (SSSR count). The van der Waals surface area contributed by atoms with Gasteiger partial charge in [-0.05, 0) is 35.8 Å². The van der Waals surface area contributed by atoms with Crippen molar-refractivity contribution >= 4 is 11.3 Å². The fourth-order valence-electron chi connectivity index (χ4n) is 2.66. The van der Waals surface area contributed by atoms with Gasteiger partial charge in [0, 0.05) is 17.0 Å². The molecule has 0 fully saturated rings. The molecule has 2 heteroatoms. The summed E-state index contributed by atoms with van der Waals surface area (Å²) >= 11 is 1.92. The Morgan fingerprint density at radius 1 is 1.57 bits per heavy atom. The van der Waals surface area contributed by atoms with Crippen LogP contribution >= 0.6 is 11.3 Å². The lowest BCUT2D eigenvalue weighted by Crippen LogP contribution is -2.50. The molecule has 1 aliphatic heterocycles. The number of rotatable bonds is 2. The minimum Gasteiger partial charge on any atom is -0.307 e. The molecular formula is C12H19NS. The highest BCUT2D eigenvalue weighted by Crippen LogP contribution is 2.39. The predicted molar refractivity (Wildman–Crippen MR) is 62.8 cm³/mol. The maximum absolute atomic E-state index is 3.73. The first-order valence-corrected chi connectivity index (χ1v) is 6.40. The Hall–Kier alpha value is -0.340. The van der Waals surface area contributed by atoms with Crippen LogP contribution in [0.25, 0.3) is 0 Å². The molecule has 14 heavy (non-hydrogen) atoms. The van der Waals surface area contributed by atoms with Gasteiger partial charge in [0.25, 0.3) is 0 Å². The van der Waals surface area contributed by atoms with E-state index < -0.39 is 0 Å². The molecule has 0 aliphatic carbocycles. The van der Waals surface area contributed by atoms with Gasteiger partial charge < -0.3 is 5.32 Å². The van der Waals surface area contributed by atoms with Gasteiger partial charge in [0.05, 0.1) is 0 Å². The number of hydrogen-bond donors (Lipinski definition) is 1. The fraction of sp³-hybridized carbons (Fsp3) is 0.667. The van der Waals surface area contributed by atoms with Gasteiger partial charge in [-0.3, -0.25) is 0 Å². The second-order valence-corrected chi connectivity index (χ2v) is 5.41. The third kappa shape index (κ3) is 1.32. The van der Waals surface area contributed by atoms with Crippen molar-refractivity contribution in [2.45, 2.75) is 39.2 Å². The van der Waals surface area contributed by atoms with Gasteiger partial charge in [-0.2, -0.15) is 0 Å². The molecule has 1 aromatic heterocycles. The van der Waals surface area contributed by atoms with Crippen LogP contribution in [-0.2, 0) is 12.0 Å². The Morgan fingerprint density at radius 2 is 2.36 bits per heavy atom. The van der Waals surface area contributed by atoms with Crippen LogP contribution in [0.3, 0.4) is 0 Å². The van der Waals surface area contributed by atoms with Gasteiger partial charge in [0.2, 0.25) is 0 Å².